The predicted molar refractivity (Wildman–Crippen MR) is 20.9 cm³/mol. The van der Waals surface area contributed by atoms with E-state index in [0.717, 1.165) is 0 Å². The normalized spacial score (nSPS) is 7.12. The number of carboxylic acids is 1. The second-order valence-corrected chi connectivity index (χ2v) is 0.926. The van der Waals surface area contributed by atoms with E-state index in [4.69, 9.17) is 5.11 Å². The van der Waals surface area contributed by atoms with Crippen LogP contribution in [-0.2, 0) is 9.59 Å². The number of halogens is 2. The summed E-state index contributed by atoms with van der Waals surface area (Å²) in [6, 6.07) is -1.81. The lowest BCUT2D eigenvalue weighted by atomic mass is 10.5. The summed E-state index contributed by atoms with van der Waals surface area (Å²) in [5, 5.41) is 7.62. The maximum absolute atomic E-state index is 10.9. The fourth-order valence-corrected chi connectivity index (χ4v) is 0.119. The van der Waals surface area contributed by atoms with Gasteiger partial charge in [-0.1, -0.05) is 0 Å². The van der Waals surface area contributed by atoms with Gasteiger partial charge >= 0.3 is 12.0 Å². The van der Waals surface area contributed by atoms with Crippen molar-refractivity contribution in [3.63, 3.8) is 0 Å². The van der Waals surface area contributed by atoms with Crippen molar-refractivity contribution in [1.82, 2.24) is 0 Å². The van der Waals surface area contributed by atoms with E-state index in [0.29, 0.717) is 0 Å². The molecule has 0 unspecified atom stereocenters. The van der Waals surface area contributed by atoms with Crippen molar-refractivity contribution >= 4 is 12.0 Å². The Balaban J connectivity index is 0. The molecule has 0 aromatic rings. The molecule has 5 heteroatoms. The minimum Gasteiger partial charge on any atom is -0.481 e. The summed E-state index contributed by atoms with van der Waals surface area (Å²) in [6.45, 7) is 0. The van der Waals surface area contributed by atoms with Gasteiger partial charge in [0.25, 0.3) is 0 Å². The van der Waals surface area contributed by atoms with Gasteiger partial charge in [-0.25, -0.2) is 0 Å². The van der Waals surface area contributed by atoms with Crippen LogP contribution in [0.15, 0.2) is 0 Å². The Hall–Kier alpha value is -1.00. The monoisotopic (exact) mass is 126 g/mol. The first-order chi connectivity index (χ1) is 3.13. The largest absolute Gasteiger partial charge is 0.481 e. The third kappa shape index (κ3) is 8.89. The van der Waals surface area contributed by atoms with Crippen LogP contribution in [0.2, 0.25) is 0 Å². The topological polar surface area (TPSA) is 54.4 Å². The van der Waals surface area contributed by atoms with Crippen molar-refractivity contribution in [2.45, 2.75) is 6.42 Å². The van der Waals surface area contributed by atoms with Crippen LogP contribution in [0.5, 0.6) is 0 Å². The van der Waals surface area contributed by atoms with E-state index in [1.165, 1.54) is 0 Å². The fraction of sp³-hybridized carbons (Fsp3) is 0.333. The van der Waals surface area contributed by atoms with E-state index in [9.17, 15) is 14.0 Å². The summed E-state index contributed by atoms with van der Waals surface area (Å²) >= 11 is 0. The van der Waals surface area contributed by atoms with Gasteiger partial charge in [0.05, 0.1) is 0 Å². The molecule has 0 bridgehead atoms. The molecule has 0 atom stereocenters. The number of carboxylic acid groups (broad SMARTS) is 1. The summed E-state index contributed by atoms with van der Waals surface area (Å²) < 4.78 is 10.9. The molecule has 0 aromatic heterocycles. The van der Waals surface area contributed by atoms with Gasteiger partial charge in [-0.05, 0) is 0 Å². The molecule has 0 radical (unpaired) electrons. The molecule has 0 amide bonds. The van der Waals surface area contributed by atoms with Crippen molar-refractivity contribution in [3.05, 3.63) is 0 Å². The number of carbonyl (C=O) groups excluding carboxylic acids is 1. The lowest BCUT2D eigenvalue weighted by Crippen LogP contribution is -1.99. The highest BCUT2D eigenvalue weighted by Gasteiger charge is 2.02. The maximum Gasteiger partial charge on any atom is 0.313 e. The van der Waals surface area contributed by atoms with Crippen LogP contribution in [0.1, 0.15) is 6.42 Å². The molecule has 0 aliphatic heterocycles. The van der Waals surface area contributed by atoms with Gasteiger partial charge < -0.3 is 5.11 Å². The molecule has 0 heterocycles. The second kappa shape index (κ2) is 4.17. The van der Waals surface area contributed by atoms with E-state index in [-0.39, 0.29) is 4.70 Å². The number of aliphatic carboxylic acids is 1. The third-order valence-corrected chi connectivity index (χ3v) is 0.290. The van der Waals surface area contributed by atoms with Gasteiger partial charge in [0.15, 0.2) is 0 Å². The van der Waals surface area contributed by atoms with E-state index in [1.807, 2.05) is 0 Å². The van der Waals surface area contributed by atoms with E-state index in [2.05, 4.69) is 0 Å². The molecular formula is C3H4F2O3. The van der Waals surface area contributed by atoms with Crippen LogP contribution in [0.25, 0.3) is 0 Å². The highest BCUT2D eigenvalue weighted by Crippen LogP contribution is 1.80. The Morgan fingerprint density at radius 1 is 1.50 bits per heavy atom. The number of carbonyl (C=O) groups is 2. The molecule has 0 spiro atoms. The van der Waals surface area contributed by atoms with Crippen LogP contribution in [0.4, 0.5) is 9.09 Å². The zero-order chi connectivity index (χ0) is 5.86. The number of rotatable bonds is 2. The van der Waals surface area contributed by atoms with Crippen molar-refractivity contribution in [2.75, 3.05) is 0 Å². The molecule has 3 nitrogen and oxygen atoms in total. The summed E-state index contributed by atoms with van der Waals surface area (Å²) in [5.41, 5.74) is 0. The first-order valence-corrected chi connectivity index (χ1v) is 1.53. The number of hydrogen-bond donors (Lipinski definition) is 1. The highest BCUT2D eigenvalue weighted by atomic mass is 19.1. The Labute approximate surface area is 43.5 Å². The predicted octanol–water partition coefficient (Wildman–Crippen LogP) is 0.110. The molecule has 0 aromatic carbocycles. The van der Waals surface area contributed by atoms with Crippen LogP contribution in [-0.4, -0.2) is 17.1 Å². The highest BCUT2D eigenvalue weighted by molar-refractivity contribution is 5.89. The van der Waals surface area contributed by atoms with Gasteiger partial charge in [-0.3, -0.25) is 14.3 Å². The van der Waals surface area contributed by atoms with Crippen LogP contribution < -0.4 is 0 Å². The van der Waals surface area contributed by atoms with Gasteiger partial charge in [0.2, 0.25) is 0 Å². The SMILES string of the molecule is F.O=C(O)CC(=O)F. The molecular weight excluding hydrogens is 122 g/mol. The molecule has 48 valence electrons. The summed E-state index contributed by atoms with van der Waals surface area (Å²) in [5.74, 6) is -1.44. The molecule has 0 fully saturated rings. The zero-order valence-corrected chi connectivity index (χ0v) is 3.76. The fourth-order valence-electron chi connectivity index (χ4n) is 0.119. The Bertz CT molecular complexity index is 88.7. The maximum atomic E-state index is 10.9. The smallest absolute Gasteiger partial charge is 0.313 e. The Kier molecular flexibility index (Phi) is 5.25. The first-order valence-electron chi connectivity index (χ1n) is 1.53. The summed E-state index contributed by atoms with van der Waals surface area (Å²) in [6.07, 6.45) is -1.03. The molecule has 8 heavy (non-hydrogen) atoms. The van der Waals surface area contributed by atoms with Gasteiger partial charge in [0.1, 0.15) is 6.42 Å². The third-order valence-electron chi connectivity index (χ3n) is 0.290. The second-order valence-electron chi connectivity index (χ2n) is 0.926. The minimum absolute atomic E-state index is 0. The lowest BCUT2D eigenvalue weighted by molar-refractivity contribution is -0.143. The molecule has 1 N–H and O–H groups in total. The summed E-state index contributed by atoms with van der Waals surface area (Å²) in [4.78, 5) is 18.6. The summed E-state index contributed by atoms with van der Waals surface area (Å²) in [7, 11) is 0. The van der Waals surface area contributed by atoms with Gasteiger partial charge in [0, 0.05) is 0 Å². The van der Waals surface area contributed by atoms with E-state index >= 15 is 0 Å². The number of hydrogen-bond acceptors (Lipinski definition) is 2. The van der Waals surface area contributed by atoms with Crippen LogP contribution in [0.3, 0.4) is 0 Å². The minimum atomic E-state index is -1.81. The molecule has 0 rings (SSSR count). The van der Waals surface area contributed by atoms with E-state index < -0.39 is 18.4 Å². The molecule has 0 aliphatic rings. The quantitative estimate of drug-likeness (QED) is 0.422. The van der Waals surface area contributed by atoms with Gasteiger partial charge in [-0.2, -0.15) is 4.39 Å². The molecule has 0 saturated carbocycles. The van der Waals surface area contributed by atoms with Crippen LogP contribution in [0, 0.1) is 0 Å². The van der Waals surface area contributed by atoms with Crippen molar-refractivity contribution in [2.24, 2.45) is 0 Å². The van der Waals surface area contributed by atoms with Gasteiger partial charge in [-0.15, -0.1) is 0 Å². The lowest BCUT2D eigenvalue weighted by Gasteiger charge is -1.77. The average molecular weight is 126 g/mol. The molecule has 0 saturated heterocycles. The van der Waals surface area contributed by atoms with Crippen molar-refractivity contribution in [1.29, 1.82) is 0 Å². The Morgan fingerprint density at radius 3 is 1.88 bits per heavy atom. The van der Waals surface area contributed by atoms with Crippen LogP contribution >= 0.6 is 0 Å². The van der Waals surface area contributed by atoms with Crippen molar-refractivity contribution < 1.29 is 23.8 Å². The standard InChI is InChI=1S/C3H3FO3.FH/c4-2(5)1-3(6)7;/h1H2,(H,6,7);1H. The van der Waals surface area contributed by atoms with Crippen molar-refractivity contribution in [3.8, 4) is 0 Å². The molecule has 0 aliphatic carbocycles. The van der Waals surface area contributed by atoms with E-state index in [1.54, 1.807) is 0 Å². The average Bonchev–Trinajstić information content (AvgIpc) is 1.27. The zero-order valence-electron chi connectivity index (χ0n) is 3.76. The Morgan fingerprint density at radius 2 is 1.88 bits per heavy atom. The first kappa shape index (κ1) is 10.1.